The lowest BCUT2D eigenvalue weighted by Crippen LogP contribution is -2.42. The zero-order chi connectivity index (χ0) is 24.5. The van der Waals surface area contributed by atoms with Gasteiger partial charge in [-0.15, -0.1) is 0 Å². The molecule has 0 saturated heterocycles. The number of carbonyl (C=O) groups excluding carboxylic acids is 2. The van der Waals surface area contributed by atoms with Crippen molar-refractivity contribution in [3.8, 4) is 11.8 Å². The Hall–Kier alpha value is -3.12. The molecule has 1 aromatic carbocycles. The van der Waals surface area contributed by atoms with Gasteiger partial charge in [0.15, 0.2) is 0 Å². The summed E-state index contributed by atoms with van der Waals surface area (Å²) >= 11 is 6.08. The van der Waals surface area contributed by atoms with E-state index in [4.69, 9.17) is 32.1 Å². The highest BCUT2D eigenvalue weighted by molar-refractivity contribution is 6.39. The van der Waals surface area contributed by atoms with Crippen molar-refractivity contribution in [3.05, 3.63) is 28.8 Å². The third-order valence-electron chi connectivity index (χ3n) is 6.31. The number of rotatable bonds is 5. The van der Waals surface area contributed by atoms with E-state index in [2.05, 4.69) is 15.3 Å². The van der Waals surface area contributed by atoms with Gasteiger partial charge in [0, 0.05) is 12.1 Å². The first-order chi connectivity index (χ1) is 16.4. The fraction of sp³-hybridized carbons (Fsp3) is 0.542. The minimum atomic E-state index is -0.347. The lowest BCUT2D eigenvalue weighted by Gasteiger charge is -2.29. The molecule has 2 saturated carbocycles. The van der Waals surface area contributed by atoms with Crippen molar-refractivity contribution in [2.24, 2.45) is 21.6 Å². The van der Waals surface area contributed by atoms with Crippen molar-refractivity contribution in [2.75, 3.05) is 7.11 Å². The molecule has 3 rings (SSSR count). The Labute approximate surface area is 204 Å². The van der Waals surface area contributed by atoms with Gasteiger partial charge in [0.25, 0.3) is 5.91 Å². The van der Waals surface area contributed by atoms with E-state index in [0.29, 0.717) is 42.0 Å². The summed E-state index contributed by atoms with van der Waals surface area (Å²) < 4.78 is 10.8. The largest absolute Gasteiger partial charge is 0.490 e. The fourth-order valence-corrected chi connectivity index (χ4v) is 4.64. The Balaban J connectivity index is 1.49. The maximum atomic E-state index is 12.8. The lowest BCUT2D eigenvalue weighted by atomic mass is 9.86. The second kappa shape index (κ2) is 12.4. The molecule has 9 nitrogen and oxygen atoms in total. The Morgan fingerprint density at radius 2 is 1.88 bits per heavy atom. The number of ether oxygens (including phenoxy) is 2. The van der Waals surface area contributed by atoms with Gasteiger partial charge < -0.3 is 20.5 Å². The summed E-state index contributed by atoms with van der Waals surface area (Å²) in [5.74, 6) is 0.0476. The van der Waals surface area contributed by atoms with E-state index < -0.39 is 0 Å². The van der Waals surface area contributed by atoms with E-state index >= 15 is 0 Å². The van der Waals surface area contributed by atoms with Crippen LogP contribution in [0.25, 0.3) is 0 Å². The maximum absolute atomic E-state index is 12.8. The highest BCUT2D eigenvalue weighted by atomic mass is 35.5. The topological polar surface area (TPSA) is 139 Å². The molecule has 0 unspecified atom stereocenters. The highest BCUT2D eigenvalue weighted by Gasteiger charge is 2.29. The van der Waals surface area contributed by atoms with Gasteiger partial charge in [-0.1, -0.05) is 11.6 Å². The molecule has 0 aliphatic heterocycles. The molecule has 2 aliphatic carbocycles. The van der Waals surface area contributed by atoms with Crippen LogP contribution in [-0.4, -0.2) is 49.3 Å². The van der Waals surface area contributed by atoms with Crippen LogP contribution in [0.1, 0.15) is 56.9 Å². The van der Waals surface area contributed by atoms with Crippen LogP contribution in [0.15, 0.2) is 28.2 Å². The Morgan fingerprint density at radius 1 is 1.18 bits per heavy atom. The van der Waals surface area contributed by atoms with Crippen molar-refractivity contribution < 1.29 is 19.1 Å². The van der Waals surface area contributed by atoms with Crippen molar-refractivity contribution >= 4 is 35.7 Å². The molecule has 0 spiro atoms. The van der Waals surface area contributed by atoms with Crippen molar-refractivity contribution in [1.82, 2.24) is 5.32 Å². The Kier molecular flexibility index (Phi) is 9.28. The number of nitrogens with one attached hydrogen (secondary N) is 1. The third kappa shape index (κ3) is 6.94. The molecule has 2 aliphatic rings. The van der Waals surface area contributed by atoms with Crippen LogP contribution in [0.4, 0.5) is 0 Å². The summed E-state index contributed by atoms with van der Waals surface area (Å²) in [7, 11) is 1.40. The van der Waals surface area contributed by atoms with E-state index in [1.165, 1.54) is 7.11 Å². The normalized spacial score (nSPS) is 25.4. The smallest absolute Gasteiger partial charge is 0.308 e. The molecule has 34 heavy (non-hydrogen) atoms. The van der Waals surface area contributed by atoms with E-state index in [1.807, 2.05) is 6.07 Å². The average Bonchev–Trinajstić information content (AvgIpc) is 2.85. The van der Waals surface area contributed by atoms with Crippen LogP contribution >= 0.6 is 11.6 Å². The molecule has 0 heterocycles. The molecule has 182 valence electrons. The summed E-state index contributed by atoms with van der Waals surface area (Å²) in [5.41, 5.74) is 5.86. The van der Waals surface area contributed by atoms with Gasteiger partial charge in [0.1, 0.15) is 11.8 Å². The molecular formula is C24H30ClN5O4. The van der Waals surface area contributed by atoms with Crippen LogP contribution in [-0.2, 0) is 14.3 Å². The number of nitriles is 1. The van der Waals surface area contributed by atoms with Crippen LogP contribution in [0.5, 0.6) is 5.75 Å². The number of benzene rings is 1. The van der Waals surface area contributed by atoms with Gasteiger partial charge in [-0.05, 0) is 63.5 Å². The second-order valence-electron chi connectivity index (χ2n) is 8.58. The molecular weight excluding hydrogens is 458 g/mol. The molecule has 0 aromatic heterocycles. The number of hydrogen-bond acceptors (Lipinski definition) is 6. The number of esters is 1. The van der Waals surface area contributed by atoms with E-state index in [9.17, 15) is 9.59 Å². The minimum Gasteiger partial charge on any atom is -0.490 e. The lowest BCUT2D eigenvalue weighted by molar-refractivity contribution is -0.146. The Bertz CT molecular complexity index is 974. The van der Waals surface area contributed by atoms with Gasteiger partial charge in [-0.3, -0.25) is 14.6 Å². The molecule has 0 radical (unpaired) electrons. The zero-order valence-corrected chi connectivity index (χ0v) is 20.0. The predicted octanol–water partition coefficient (Wildman–Crippen LogP) is 3.14. The fourth-order valence-electron chi connectivity index (χ4n) is 4.43. The monoisotopic (exact) mass is 487 g/mol. The van der Waals surface area contributed by atoms with Gasteiger partial charge in [0.2, 0.25) is 5.84 Å². The molecule has 1 aromatic rings. The van der Waals surface area contributed by atoms with Crippen LogP contribution < -0.4 is 15.8 Å². The minimum absolute atomic E-state index is 0.00913. The summed E-state index contributed by atoms with van der Waals surface area (Å²) in [6, 6.07) is 6.98. The number of methoxy groups -OCH3 is 1. The Morgan fingerprint density at radius 3 is 2.47 bits per heavy atom. The maximum Gasteiger partial charge on any atom is 0.308 e. The first kappa shape index (κ1) is 25.5. The van der Waals surface area contributed by atoms with Crippen LogP contribution in [0.2, 0.25) is 5.02 Å². The molecule has 10 heteroatoms. The van der Waals surface area contributed by atoms with E-state index in [0.717, 1.165) is 32.0 Å². The first-order valence-corrected chi connectivity index (χ1v) is 11.9. The average molecular weight is 488 g/mol. The highest BCUT2D eigenvalue weighted by Crippen LogP contribution is 2.28. The number of hydrogen-bond donors (Lipinski definition) is 2. The van der Waals surface area contributed by atoms with Gasteiger partial charge >= 0.3 is 5.97 Å². The summed E-state index contributed by atoms with van der Waals surface area (Å²) in [6.45, 7) is 0. The van der Waals surface area contributed by atoms with Gasteiger partial charge in [-0.25, -0.2) is 4.99 Å². The quantitative estimate of drug-likeness (QED) is 0.371. The predicted molar refractivity (Wildman–Crippen MR) is 129 cm³/mol. The van der Waals surface area contributed by atoms with E-state index in [-0.39, 0.29) is 41.8 Å². The number of nitrogens with two attached hydrogens (primary N) is 1. The number of amides is 1. The van der Waals surface area contributed by atoms with Gasteiger partial charge in [0.05, 0.1) is 42.1 Å². The van der Waals surface area contributed by atoms with E-state index in [1.54, 1.807) is 18.2 Å². The number of aliphatic imine (C=N–C) groups is 2. The number of halogens is 1. The number of nitrogens with zero attached hydrogens (tertiary/aromatic N) is 3. The zero-order valence-electron chi connectivity index (χ0n) is 19.2. The molecule has 0 atom stereocenters. The first-order valence-electron chi connectivity index (χ1n) is 11.5. The van der Waals surface area contributed by atoms with Crippen molar-refractivity contribution in [1.29, 1.82) is 5.26 Å². The standard InChI is InChI=1S/C24H30ClN5O4/c1-33-24(32)15-2-5-17(6-3-15)29-22(28-14-27)23(31)30-18-7-10-19(11-8-18)34-20-9-4-16(13-26)21(25)12-20/h4,9,12,14-15,17-19H,2-3,5-8,10-11H2,1H3,(H,30,31)(H2,27,28,29). The summed E-state index contributed by atoms with van der Waals surface area (Å²) in [4.78, 5) is 33.0. The van der Waals surface area contributed by atoms with Crippen molar-refractivity contribution in [3.63, 3.8) is 0 Å². The molecule has 1 amide bonds. The molecule has 0 bridgehead atoms. The number of amidine groups is 1. The second-order valence-corrected chi connectivity index (χ2v) is 8.99. The number of carbonyl (C=O) groups is 2. The molecule has 3 N–H and O–H groups in total. The van der Waals surface area contributed by atoms with Crippen LogP contribution in [0, 0.1) is 17.2 Å². The van der Waals surface area contributed by atoms with Crippen LogP contribution in [0.3, 0.4) is 0 Å². The third-order valence-corrected chi connectivity index (χ3v) is 6.62. The molecule has 2 fully saturated rings. The van der Waals surface area contributed by atoms with Gasteiger partial charge in [-0.2, -0.15) is 5.26 Å². The summed E-state index contributed by atoms with van der Waals surface area (Å²) in [6.07, 6.45) is 6.88. The summed E-state index contributed by atoms with van der Waals surface area (Å²) in [5, 5.41) is 12.4. The SMILES string of the molecule is COC(=O)C1CCC(N=C(N=CN)C(=O)NC2CCC(Oc3ccc(C#N)c(Cl)c3)CC2)CC1. The van der Waals surface area contributed by atoms with Crippen molar-refractivity contribution in [2.45, 2.75) is 69.6 Å².